The molecule has 10 heteroatoms. The van der Waals surface area contributed by atoms with Crippen molar-refractivity contribution >= 4 is 15.7 Å². The highest BCUT2D eigenvalue weighted by Gasteiger charge is 2.24. The largest absolute Gasteiger partial charge is 0.485 e. The summed E-state index contributed by atoms with van der Waals surface area (Å²) in [6.45, 7) is -0.150. The Bertz CT molecular complexity index is 939. The van der Waals surface area contributed by atoms with Crippen LogP contribution in [0.25, 0.3) is 0 Å². The minimum atomic E-state index is -3.28. The number of amides is 1. The van der Waals surface area contributed by atoms with Crippen molar-refractivity contribution in [1.29, 1.82) is 0 Å². The Morgan fingerprint density at radius 3 is 2.80 bits per heavy atom. The summed E-state index contributed by atoms with van der Waals surface area (Å²) in [6, 6.07) is 3.73. The van der Waals surface area contributed by atoms with E-state index in [4.69, 9.17) is 9.26 Å². The van der Waals surface area contributed by atoms with E-state index in [0.717, 1.165) is 17.5 Å². The number of nitrogens with one attached hydrogen (secondary N) is 1. The van der Waals surface area contributed by atoms with E-state index < -0.39 is 33.4 Å². The van der Waals surface area contributed by atoms with Crippen molar-refractivity contribution in [3.63, 3.8) is 0 Å². The van der Waals surface area contributed by atoms with E-state index in [1.165, 1.54) is 18.2 Å². The summed E-state index contributed by atoms with van der Waals surface area (Å²) in [5.41, 5.74) is -0.0541. The number of benzene rings is 1. The Hall–Kier alpha value is -2.75. The molecule has 25 heavy (non-hydrogen) atoms. The molecule has 0 saturated heterocycles. The fourth-order valence-corrected chi connectivity index (χ4v) is 3.35. The number of ether oxygens (including phenoxy) is 1. The second kappa shape index (κ2) is 6.63. The van der Waals surface area contributed by atoms with Gasteiger partial charge in [0.25, 0.3) is 5.91 Å². The summed E-state index contributed by atoms with van der Waals surface area (Å²) < 4.78 is 58.6. The summed E-state index contributed by atoms with van der Waals surface area (Å²) in [7, 11) is -3.28. The van der Waals surface area contributed by atoms with E-state index in [9.17, 15) is 22.0 Å². The number of hydrogen-bond donors (Lipinski definition) is 1. The Balaban J connectivity index is 1.57. The Morgan fingerprint density at radius 1 is 1.32 bits per heavy atom. The quantitative estimate of drug-likeness (QED) is 0.858. The van der Waals surface area contributed by atoms with Gasteiger partial charge in [0.15, 0.2) is 32.9 Å². The number of rotatable bonds is 5. The van der Waals surface area contributed by atoms with Crippen LogP contribution in [0, 0.1) is 11.6 Å². The van der Waals surface area contributed by atoms with Gasteiger partial charge in [-0.25, -0.2) is 17.2 Å². The number of hydrogen-bond acceptors (Lipinski definition) is 6. The molecule has 0 aliphatic carbocycles. The van der Waals surface area contributed by atoms with Gasteiger partial charge in [0.2, 0.25) is 0 Å². The lowest BCUT2D eigenvalue weighted by atomic mass is 10.3. The number of sulfone groups is 1. The average Bonchev–Trinajstić information content (AvgIpc) is 3.15. The highest BCUT2D eigenvalue weighted by molar-refractivity contribution is 7.94. The molecular weight excluding hydrogens is 358 g/mol. The Morgan fingerprint density at radius 2 is 2.12 bits per heavy atom. The molecule has 1 aromatic heterocycles. The number of carbonyl (C=O) groups excluding carboxylic acids is 1. The molecule has 0 fully saturated rings. The van der Waals surface area contributed by atoms with Crippen LogP contribution in [-0.2, 0) is 16.4 Å². The number of aromatic nitrogens is 1. The topological polar surface area (TPSA) is 98.5 Å². The summed E-state index contributed by atoms with van der Waals surface area (Å²) >= 11 is 0. The van der Waals surface area contributed by atoms with E-state index in [2.05, 4.69) is 10.5 Å². The molecule has 2 aromatic rings. The van der Waals surface area contributed by atoms with Crippen LogP contribution in [0.15, 0.2) is 40.3 Å². The number of nitrogens with zero attached hydrogens (tertiary/aromatic N) is 1. The van der Waals surface area contributed by atoms with E-state index in [0.29, 0.717) is 0 Å². The van der Waals surface area contributed by atoms with Gasteiger partial charge in [-0.2, -0.15) is 0 Å². The van der Waals surface area contributed by atoms with Gasteiger partial charge in [0.05, 0.1) is 11.8 Å². The molecule has 7 nitrogen and oxygen atoms in total. The van der Waals surface area contributed by atoms with Crippen LogP contribution < -0.4 is 10.1 Å². The molecule has 0 spiro atoms. The van der Waals surface area contributed by atoms with Crippen molar-refractivity contribution in [2.24, 2.45) is 0 Å². The molecule has 1 aromatic carbocycles. The zero-order valence-corrected chi connectivity index (χ0v) is 13.4. The number of halogens is 2. The van der Waals surface area contributed by atoms with Crippen LogP contribution in [-0.4, -0.2) is 31.3 Å². The summed E-state index contributed by atoms with van der Waals surface area (Å²) in [6.07, 6.45) is 1.38. The van der Waals surface area contributed by atoms with Crippen LogP contribution in [0.5, 0.6) is 5.75 Å². The van der Waals surface area contributed by atoms with Gasteiger partial charge in [-0.3, -0.25) is 4.79 Å². The smallest absolute Gasteiger partial charge is 0.273 e. The standard InChI is InChI=1S/C15H12F2N2O5S/c16-12-2-1-10(5-13(12)17)23-7-11-6-14(19-24-11)15(20)18-9-3-4-25(21,22)8-9/h1-6,9H,7-8H2,(H,18,20). The molecule has 1 aliphatic heterocycles. The lowest BCUT2D eigenvalue weighted by molar-refractivity contribution is 0.0938. The first kappa shape index (κ1) is 17.1. The van der Waals surface area contributed by atoms with Crippen molar-refractivity contribution in [3.05, 3.63) is 58.8 Å². The highest BCUT2D eigenvalue weighted by atomic mass is 32.2. The van der Waals surface area contributed by atoms with Crippen LogP contribution >= 0.6 is 0 Å². The molecule has 2 heterocycles. The fourth-order valence-electron chi connectivity index (χ4n) is 2.12. The van der Waals surface area contributed by atoms with E-state index in [1.807, 2.05) is 0 Å². The van der Waals surface area contributed by atoms with Crippen molar-refractivity contribution in [1.82, 2.24) is 10.5 Å². The van der Waals surface area contributed by atoms with E-state index >= 15 is 0 Å². The van der Waals surface area contributed by atoms with Gasteiger partial charge < -0.3 is 14.6 Å². The third-order valence-electron chi connectivity index (χ3n) is 3.31. The van der Waals surface area contributed by atoms with Gasteiger partial charge in [0, 0.05) is 17.5 Å². The zero-order valence-electron chi connectivity index (χ0n) is 12.6. The first-order valence-corrected chi connectivity index (χ1v) is 8.79. The minimum Gasteiger partial charge on any atom is -0.485 e. The number of carbonyl (C=O) groups is 1. The van der Waals surface area contributed by atoms with Gasteiger partial charge in [-0.1, -0.05) is 5.16 Å². The second-order valence-corrected chi connectivity index (χ2v) is 7.21. The van der Waals surface area contributed by atoms with Gasteiger partial charge in [-0.05, 0) is 18.2 Å². The second-order valence-electron chi connectivity index (χ2n) is 5.28. The molecule has 1 N–H and O–H groups in total. The Labute approximate surface area is 141 Å². The minimum absolute atomic E-state index is 0.0541. The SMILES string of the molecule is O=C(NC1C=CS(=O)(=O)C1)c1cc(COc2ccc(F)c(F)c2)on1. The third-order valence-corrected chi connectivity index (χ3v) is 4.71. The predicted molar refractivity (Wildman–Crippen MR) is 81.4 cm³/mol. The zero-order chi connectivity index (χ0) is 18.0. The van der Waals surface area contributed by atoms with Gasteiger partial charge in [-0.15, -0.1) is 0 Å². The molecular formula is C15H12F2N2O5S. The van der Waals surface area contributed by atoms with Crippen LogP contribution in [0.3, 0.4) is 0 Å². The fraction of sp³-hybridized carbons (Fsp3) is 0.200. The maximum atomic E-state index is 13.1. The molecule has 0 saturated carbocycles. The molecule has 3 rings (SSSR count). The van der Waals surface area contributed by atoms with Gasteiger partial charge in [0.1, 0.15) is 12.4 Å². The van der Waals surface area contributed by atoms with Crippen LogP contribution in [0.1, 0.15) is 16.2 Å². The van der Waals surface area contributed by atoms with Gasteiger partial charge >= 0.3 is 0 Å². The molecule has 1 aliphatic rings. The van der Waals surface area contributed by atoms with Crippen molar-refractivity contribution in [2.75, 3.05) is 5.75 Å². The monoisotopic (exact) mass is 370 g/mol. The maximum absolute atomic E-state index is 13.1. The van der Waals surface area contributed by atoms with E-state index in [-0.39, 0.29) is 29.6 Å². The summed E-state index contributed by atoms with van der Waals surface area (Å²) in [4.78, 5) is 12.0. The normalized spacial score (nSPS) is 18.2. The van der Waals surface area contributed by atoms with Crippen molar-refractivity contribution in [3.8, 4) is 5.75 Å². The summed E-state index contributed by atoms with van der Waals surface area (Å²) in [5.74, 6) is -2.58. The first-order chi connectivity index (χ1) is 11.8. The Kier molecular flexibility index (Phi) is 4.53. The molecule has 132 valence electrons. The molecule has 0 bridgehead atoms. The summed E-state index contributed by atoms with van der Waals surface area (Å²) in [5, 5.41) is 7.10. The van der Waals surface area contributed by atoms with E-state index in [1.54, 1.807) is 0 Å². The third kappa shape index (κ3) is 4.21. The average molecular weight is 370 g/mol. The van der Waals surface area contributed by atoms with Crippen molar-refractivity contribution in [2.45, 2.75) is 12.6 Å². The lowest BCUT2D eigenvalue weighted by Crippen LogP contribution is -2.35. The van der Waals surface area contributed by atoms with Crippen LogP contribution in [0.2, 0.25) is 0 Å². The molecule has 1 amide bonds. The molecule has 1 unspecified atom stereocenters. The van der Waals surface area contributed by atoms with Crippen LogP contribution in [0.4, 0.5) is 8.78 Å². The molecule has 1 atom stereocenters. The first-order valence-electron chi connectivity index (χ1n) is 7.08. The highest BCUT2D eigenvalue weighted by Crippen LogP contribution is 2.17. The van der Waals surface area contributed by atoms with Crippen molar-refractivity contribution < 1.29 is 31.3 Å². The molecule has 0 radical (unpaired) electrons. The maximum Gasteiger partial charge on any atom is 0.273 e. The lowest BCUT2D eigenvalue weighted by Gasteiger charge is -2.07. The predicted octanol–water partition coefficient (Wildman–Crippen LogP) is 1.57.